The third-order valence-electron chi connectivity index (χ3n) is 7.21. The monoisotopic (exact) mass is 637 g/mol. The van der Waals surface area contributed by atoms with Crippen LogP contribution in [-0.2, 0) is 33.5 Å². The second kappa shape index (κ2) is 12.1. The minimum Gasteiger partial charge on any atom is -0.352 e. The van der Waals surface area contributed by atoms with Crippen molar-refractivity contribution < 1.29 is 48.3 Å². The number of carbonyl (C=O) groups is 1. The second-order valence-electron chi connectivity index (χ2n) is 10.0. The summed E-state index contributed by atoms with van der Waals surface area (Å²) in [5.74, 6) is -5.32. The molecule has 43 heavy (non-hydrogen) atoms. The van der Waals surface area contributed by atoms with Gasteiger partial charge >= 0.3 is 12.4 Å². The molecule has 1 saturated carbocycles. The molecule has 3 heterocycles. The number of nitrogens with one attached hydrogen (secondary N) is 1. The van der Waals surface area contributed by atoms with Crippen LogP contribution in [0.4, 0.5) is 35.1 Å². The van der Waals surface area contributed by atoms with E-state index < -0.39 is 87.2 Å². The number of pyridine rings is 2. The summed E-state index contributed by atoms with van der Waals surface area (Å²) in [7, 11) is -4.16. The maximum Gasteiger partial charge on any atom is 0.451 e. The molecule has 3 aromatic rings. The Kier molecular flexibility index (Phi) is 9.04. The Labute approximate surface area is 239 Å². The van der Waals surface area contributed by atoms with E-state index in [2.05, 4.69) is 25.3 Å². The Morgan fingerprint density at radius 3 is 2.21 bits per heavy atom. The predicted molar refractivity (Wildman–Crippen MR) is 134 cm³/mol. The number of alkyl halides is 7. The lowest BCUT2D eigenvalue weighted by atomic mass is 9.96. The van der Waals surface area contributed by atoms with Crippen LogP contribution < -0.4 is 5.32 Å². The van der Waals surface area contributed by atoms with E-state index >= 15 is 4.39 Å². The Morgan fingerprint density at radius 2 is 1.63 bits per heavy atom. The Balaban J connectivity index is 1.52. The first-order valence-electron chi connectivity index (χ1n) is 12.7. The van der Waals surface area contributed by atoms with Crippen molar-refractivity contribution in [2.45, 2.75) is 61.4 Å². The smallest absolute Gasteiger partial charge is 0.352 e. The molecule has 1 N–H and O–H groups in total. The van der Waals surface area contributed by atoms with Gasteiger partial charge in [-0.15, -0.1) is 0 Å². The van der Waals surface area contributed by atoms with Crippen molar-refractivity contribution in [3.05, 3.63) is 65.9 Å². The zero-order valence-corrected chi connectivity index (χ0v) is 22.9. The molecule has 1 unspecified atom stereocenters. The highest BCUT2D eigenvalue weighted by atomic mass is 32.2. The van der Waals surface area contributed by atoms with Gasteiger partial charge in [-0.25, -0.2) is 27.8 Å². The van der Waals surface area contributed by atoms with Crippen LogP contribution in [0.25, 0.3) is 11.3 Å². The summed E-state index contributed by atoms with van der Waals surface area (Å²) in [4.78, 5) is 26.0. The molecule has 3 aromatic heterocycles. The summed E-state index contributed by atoms with van der Waals surface area (Å²) in [5, 5.41) is 1.06. The van der Waals surface area contributed by atoms with Gasteiger partial charge in [0, 0.05) is 48.7 Å². The molecule has 1 aliphatic rings. The highest BCUT2D eigenvalue weighted by Crippen LogP contribution is 2.37. The average molecular weight is 638 g/mol. The number of amides is 1. The van der Waals surface area contributed by atoms with Crippen LogP contribution >= 0.6 is 0 Å². The van der Waals surface area contributed by atoms with Gasteiger partial charge in [-0.2, -0.15) is 30.7 Å². The van der Waals surface area contributed by atoms with Crippen molar-refractivity contribution in [2.24, 2.45) is 11.8 Å². The second-order valence-corrected chi connectivity index (χ2v) is 12.2. The summed E-state index contributed by atoms with van der Waals surface area (Å²) >= 11 is 0. The molecule has 0 saturated heterocycles. The van der Waals surface area contributed by atoms with Crippen LogP contribution in [0, 0.1) is 17.8 Å². The predicted octanol–water partition coefficient (Wildman–Crippen LogP) is 5.34. The zero-order chi connectivity index (χ0) is 31.7. The molecule has 0 bridgehead atoms. The molecule has 0 spiro atoms. The fourth-order valence-electron chi connectivity index (χ4n) is 4.84. The van der Waals surface area contributed by atoms with E-state index in [1.165, 1.54) is 6.92 Å². The molecule has 4 rings (SSSR count). The fraction of sp³-hybridized carbons (Fsp3) is 0.423. The van der Waals surface area contributed by atoms with Crippen LogP contribution in [0.2, 0.25) is 0 Å². The average Bonchev–Trinajstić information content (AvgIpc) is 3.09. The normalized spacial score (nSPS) is 21.7. The van der Waals surface area contributed by atoms with Gasteiger partial charge in [0.15, 0.2) is 9.84 Å². The van der Waals surface area contributed by atoms with Crippen molar-refractivity contribution in [2.75, 3.05) is 0 Å². The van der Waals surface area contributed by atoms with E-state index in [-0.39, 0.29) is 29.0 Å². The molecule has 0 radical (unpaired) electrons. The van der Waals surface area contributed by atoms with E-state index in [0.717, 1.165) is 36.8 Å². The molecule has 0 aliphatic heterocycles. The van der Waals surface area contributed by atoms with Gasteiger partial charge in [0.1, 0.15) is 6.17 Å². The Hall–Kier alpha value is -3.76. The lowest BCUT2D eigenvalue weighted by Gasteiger charge is -2.23. The van der Waals surface area contributed by atoms with Crippen molar-refractivity contribution >= 4 is 15.7 Å². The number of nitrogens with zero attached hydrogens (tertiary/aromatic N) is 4. The van der Waals surface area contributed by atoms with E-state index in [1.807, 2.05) is 0 Å². The van der Waals surface area contributed by atoms with Gasteiger partial charge < -0.3 is 5.32 Å². The summed E-state index contributed by atoms with van der Waals surface area (Å²) in [5.41, 5.74) is -2.01. The van der Waals surface area contributed by atoms with Crippen LogP contribution in [0.3, 0.4) is 0 Å². The third kappa shape index (κ3) is 7.25. The van der Waals surface area contributed by atoms with E-state index in [4.69, 9.17) is 0 Å². The SMILES string of the molecule is C[C@@H]1C(S(=O)(=O)c2ccc(F)nc2)CC[C@H](C(=O)NCc2cc(-c3cnc(C(F)(F)F)nc3)ncc2C(F)(F)F)C[C@H]1F. The highest BCUT2D eigenvalue weighted by Gasteiger charge is 2.42. The first kappa shape index (κ1) is 32.2. The van der Waals surface area contributed by atoms with E-state index in [0.29, 0.717) is 6.20 Å². The van der Waals surface area contributed by atoms with Gasteiger partial charge in [-0.3, -0.25) is 9.78 Å². The maximum atomic E-state index is 15.2. The van der Waals surface area contributed by atoms with Crippen molar-refractivity contribution in [3.63, 3.8) is 0 Å². The lowest BCUT2D eigenvalue weighted by molar-refractivity contribution is -0.145. The molecule has 17 heteroatoms. The fourth-order valence-corrected chi connectivity index (χ4v) is 6.83. The van der Waals surface area contributed by atoms with Crippen LogP contribution in [0.1, 0.15) is 43.1 Å². The van der Waals surface area contributed by atoms with Crippen molar-refractivity contribution in [1.82, 2.24) is 25.3 Å². The zero-order valence-electron chi connectivity index (χ0n) is 22.1. The molecular formula is C26H23F8N5O3S. The standard InChI is InChI=1S/C26H23F8N5O3S/c1-13-19(27)6-14(2-4-21(13)43(41,42)17-3-5-22(28)36-11-17)23(40)37-8-15-7-20(35-12-18(15)25(29,30)31)16-9-38-24(39-10-16)26(32,33)34/h3,5,7,9-14,19,21H,2,4,6,8H2,1H3,(H,37,40)/t13-,14-,19+,21?/m0/s1. The topological polar surface area (TPSA) is 115 Å². The van der Waals surface area contributed by atoms with Crippen LogP contribution in [-0.4, -0.2) is 45.7 Å². The lowest BCUT2D eigenvalue weighted by Crippen LogP contribution is -2.33. The van der Waals surface area contributed by atoms with E-state index in [1.54, 1.807) is 0 Å². The first-order chi connectivity index (χ1) is 20.0. The molecule has 0 aromatic carbocycles. The summed E-state index contributed by atoms with van der Waals surface area (Å²) in [6.07, 6.45) is -9.38. The van der Waals surface area contributed by atoms with E-state index in [9.17, 15) is 43.9 Å². The number of sulfone groups is 1. The van der Waals surface area contributed by atoms with Crippen LogP contribution in [0.5, 0.6) is 0 Å². The third-order valence-corrected chi connectivity index (χ3v) is 9.57. The Bertz CT molecular complexity index is 1570. The number of aromatic nitrogens is 4. The maximum absolute atomic E-state index is 15.2. The van der Waals surface area contributed by atoms with Crippen molar-refractivity contribution in [3.8, 4) is 11.3 Å². The molecule has 8 nitrogen and oxygen atoms in total. The summed E-state index contributed by atoms with van der Waals surface area (Å²) < 4.78 is 134. The molecule has 232 valence electrons. The van der Waals surface area contributed by atoms with Crippen molar-refractivity contribution in [1.29, 1.82) is 0 Å². The minimum absolute atomic E-state index is 0.105. The quantitative estimate of drug-likeness (QED) is 0.220. The number of halogens is 8. The number of hydrogen-bond acceptors (Lipinski definition) is 7. The highest BCUT2D eigenvalue weighted by molar-refractivity contribution is 7.92. The minimum atomic E-state index is -4.90. The first-order valence-corrected chi connectivity index (χ1v) is 14.3. The van der Waals surface area contributed by atoms with Crippen LogP contribution in [0.15, 0.2) is 47.9 Å². The molecule has 1 amide bonds. The van der Waals surface area contributed by atoms with Gasteiger partial charge in [0.25, 0.3) is 0 Å². The Morgan fingerprint density at radius 1 is 0.953 bits per heavy atom. The summed E-state index contributed by atoms with van der Waals surface area (Å²) in [6.45, 7) is 0.667. The van der Waals surface area contributed by atoms with Gasteiger partial charge in [-0.05, 0) is 43.0 Å². The summed E-state index contributed by atoms with van der Waals surface area (Å²) in [6, 6.07) is 2.77. The molecule has 4 atom stereocenters. The molecular weight excluding hydrogens is 614 g/mol. The number of hydrogen-bond donors (Lipinski definition) is 1. The van der Waals surface area contributed by atoms with Gasteiger partial charge in [-0.1, -0.05) is 6.92 Å². The molecule has 1 aliphatic carbocycles. The number of rotatable bonds is 6. The number of carbonyl (C=O) groups excluding carboxylic acids is 1. The molecule has 1 fully saturated rings. The largest absolute Gasteiger partial charge is 0.451 e. The van der Waals surface area contributed by atoms with Gasteiger partial charge in [0.2, 0.25) is 17.7 Å². The van der Waals surface area contributed by atoms with Gasteiger partial charge in [0.05, 0.1) is 21.4 Å².